The zero-order chi connectivity index (χ0) is 25.5. The van der Waals surface area contributed by atoms with Crippen LogP contribution in [0.1, 0.15) is 54.4 Å². The van der Waals surface area contributed by atoms with Gasteiger partial charge < -0.3 is 19.7 Å². The highest BCUT2D eigenvalue weighted by atomic mass is 19.1. The molecule has 3 fully saturated rings. The summed E-state index contributed by atoms with van der Waals surface area (Å²) in [6.07, 6.45) is 5.72. The molecule has 3 aliphatic heterocycles. The summed E-state index contributed by atoms with van der Waals surface area (Å²) >= 11 is 0. The number of piperidine rings is 1. The summed E-state index contributed by atoms with van der Waals surface area (Å²) in [5.74, 6) is 0.780. The first-order valence-corrected chi connectivity index (χ1v) is 13.2. The van der Waals surface area contributed by atoms with Crippen molar-refractivity contribution in [2.45, 2.75) is 69.4 Å². The van der Waals surface area contributed by atoms with E-state index in [0.29, 0.717) is 42.4 Å². The van der Waals surface area contributed by atoms with Crippen LogP contribution in [0, 0.1) is 5.82 Å². The Hall–Kier alpha value is -3.39. The maximum atomic E-state index is 13.5. The normalized spacial score (nSPS) is 26.5. The van der Waals surface area contributed by atoms with Gasteiger partial charge in [0.2, 0.25) is 5.91 Å². The minimum atomic E-state index is -0.466. The van der Waals surface area contributed by atoms with E-state index in [0.717, 1.165) is 43.7 Å². The Labute approximate surface area is 216 Å². The van der Waals surface area contributed by atoms with Crippen LogP contribution in [0.2, 0.25) is 0 Å². The van der Waals surface area contributed by atoms with Crippen molar-refractivity contribution in [3.63, 3.8) is 0 Å². The van der Waals surface area contributed by atoms with E-state index in [4.69, 9.17) is 9.47 Å². The monoisotopic (exact) mass is 505 g/mol. The molecule has 6 rings (SSSR count). The fraction of sp³-hybridized carbons (Fsp3) is 0.448. The van der Waals surface area contributed by atoms with E-state index in [1.54, 1.807) is 17.0 Å². The molecule has 1 saturated carbocycles. The van der Waals surface area contributed by atoms with Gasteiger partial charge in [0.05, 0.1) is 0 Å². The second-order valence-electron chi connectivity index (χ2n) is 10.6. The number of ether oxygens (including phenoxy) is 2. The fourth-order valence-electron chi connectivity index (χ4n) is 6.06. The molecule has 8 heteroatoms. The number of likely N-dealkylation sites (tertiary alicyclic amines) is 1. The molecule has 4 aliphatic rings. The van der Waals surface area contributed by atoms with Crippen molar-refractivity contribution in [2.75, 3.05) is 13.1 Å². The van der Waals surface area contributed by atoms with Crippen molar-refractivity contribution in [3.05, 3.63) is 71.7 Å². The van der Waals surface area contributed by atoms with Gasteiger partial charge in [-0.2, -0.15) is 0 Å². The molecule has 0 radical (unpaired) electrons. The van der Waals surface area contributed by atoms with Crippen LogP contribution in [0.3, 0.4) is 0 Å². The van der Waals surface area contributed by atoms with Crippen molar-refractivity contribution < 1.29 is 23.5 Å². The second-order valence-corrected chi connectivity index (χ2v) is 10.6. The van der Waals surface area contributed by atoms with Crippen molar-refractivity contribution in [1.29, 1.82) is 0 Å². The SMILES string of the molecule is C=C1CCC(N2Cc3cc(O[C@H]4CCCC[C@@H]4N4CC(Oc5cccc(F)c5)C4)ccc3C2=O)C(=O)N1. The Balaban J connectivity index is 1.09. The van der Waals surface area contributed by atoms with E-state index in [9.17, 15) is 14.0 Å². The molecule has 37 heavy (non-hydrogen) atoms. The van der Waals surface area contributed by atoms with Gasteiger partial charge in [0, 0.05) is 43.0 Å². The first-order chi connectivity index (χ1) is 17.9. The molecule has 0 spiro atoms. The first kappa shape index (κ1) is 24.0. The van der Waals surface area contributed by atoms with Crippen LogP contribution in [0.25, 0.3) is 0 Å². The number of fused-ring (bicyclic) bond motifs is 1. The molecule has 1 N–H and O–H groups in total. The minimum absolute atomic E-state index is 0.0514. The third-order valence-corrected chi connectivity index (χ3v) is 8.01. The molecule has 0 aromatic heterocycles. The van der Waals surface area contributed by atoms with Crippen molar-refractivity contribution in [2.24, 2.45) is 0 Å². The van der Waals surface area contributed by atoms with Crippen LogP contribution in [0.5, 0.6) is 11.5 Å². The van der Waals surface area contributed by atoms with Crippen LogP contribution in [0.4, 0.5) is 4.39 Å². The Kier molecular flexibility index (Phi) is 6.36. The molecular formula is C29H32FN3O4. The van der Waals surface area contributed by atoms with Crippen LogP contribution < -0.4 is 14.8 Å². The number of rotatable bonds is 6. The highest BCUT2D eigenvalue weighted by molar-refractivity contribution is 6.01. The predicted octanol–water partition coefficient (Wildman–Crippen LogP) is 4.03. The number of nitrogens with one attached hydrogen (secondary N) is 1. The van der Waals surface area contributed by atoms with E-state index in [1.807, 2.05) is 18.2 Å². The molecule has 194 valence electrons. The highest BCUT2D eigenvalue weighted by Gasteiger charge is 2.41. The lowest BCUT2D eigenvalue weighted by molar-refractivity contribution is -0.126. The van der Waals surface area contributed by atoms with Crippen LogP contribution in [-0.4, -0.2) is 59.0 Å². The lowest BCUT2D eigenvalue weighted by atomic mass is 9.89. The van der Waals surface area contributed by atoms with Gasteiger partial charge in [-0.25, -0.2) is 4.39 Å². The minimum Gasteiger partial charge on any atom is -0.489 e. The number of allylic oxidation sites excluding steroid dienone is 1. The van der Waals surface area contributed by atoms with Gasteiger partial charge in [0.25, 0.3) is 5.91 Å². The van der Waals surface area contributed by atoms with Gasteiger partial charge in [0.1, 0.15) is 35.6 Å². The summed E-state index contributed by atoms with van der Waals surface area (Å²) in [5, 5.41) is 2.78. The van der Waals surface area contributed by atoms with Crippen molar-refractivity contribution in [1.82, 2.24) is 15.1 Å². The van der Waals surface area contributed by atoms with Crippen LogP contribution >= 0.6 is 0 Å². The van der Waals surface area contributed by atoms with Crippen LogP contribution in [-0.2, 0) is 11.3 Å². The zero-order valence-electron chi connectivity index (χ0n) is 20.8. The molecule has 2 aromatic carbocycles. The van der Waals surface area contributed by atoms with Crippen LogP contribution in [0.15, 0.2) is 54.7 Å². The third-order valence-electron chi connectivity index (χ3n) is 8.01. The summed E-state index contributed by atoms with van der Waals surface area (Å²) in [7, 11) is 0. The van der Waals surface area contributed by atoms with E-state index in [2.05, 4.69) is 16.8 Å². The first-order valence-electron chi connectivity index (χ1n) is 13.2. The highest BCUT2D eigenvalue weighted by Crippen LogP contribution is 2.34. The van der Waals surface area contributed by atoms with Gasteiger partial charge in [-0.3, -0.25) is 14.5 Å². The molecular weight excluding hydrogens is 473 g/mol. The standard InChI is InChI=1S/C29H32FN3O4/c1-18-9-12-26(28(34)31-18)33-15-19-13-22(10-11-24(19)29(33)35)37-27-8-3-2-7-25(27)32-16-23(17-32)36-21-6-4-5-20(30)14-21/h4-6,10-11,13-14,23,25-27H,1-3,7-9,12,15-17H2,(H,31,34)/t25-,26?,27-/m0/s1. The largest absolute Gasteiger partial charge is 0.489 e. The van der Waals surface area contributed by atoms with Gasteiger partial charge in [-0.05, 0) is 68.0 Å². The van der Waals surface area contributed by atoms with E-state index < -0.39 is 6.04 Å². The molecule has 2 saturated heterocycles. The lowest BCUT2D eigenvalue weighted by Crippen LogP contribution is -2.62. The smallest absolute Gasteiger partial charge is 0.255 e. The van der Waals surface area contributed by atoms with Gasteiger partial charge in [-0.1, -0.05) is 19.1 Å². The molecule has 3 heterocycles. The van der Waals surface area contributed by atoms with E-state index in [-0.39, 0.29) is 29.8 Å². The molecule has 0 bridgehead atoms. The van der Waals surface area contributed by atoms with Crippen molar-refractivity contribution >= 4 is 11.8 Å². The molecule has 2 aromatic rings. The summed E-state index contributed by atoms with van der Waals surface area (Å²) in [6.45, 7) is 5.83. The summed E-state index contributed by atoms with van der Waals surface area (Å²) in [6, 6.07) is 11.8. The quantitative estimate of drug-likeness (QED) is 0.642. The predicted molar refractivity (Wildman–Crippen MR) is 136 cm³/mol. The summed E-state index contributed by atoms with van der Waals surface area (Å²) in [4.78, 5) is 29.6. The third kappa shape index (κ3) is 4.82. The number of hydrogen-bond acceptors (Lipinski definition) is 5. The number of halogens is 1. The zero-order valence-corrected chi connectivity index (χ0v) is 20.8. The number of nitrogens with zero attached hydrogens (tertiary/aromatic N) is 2. The lowest BCUT2D eigenvalue weighted by Gasteiger charge is -2.47. The molecule has 7 nitrogen and oxygen atoms in total. The number of carbonyl (C=O) groups is 2. The fourth-order valence-corrected chi connectivity index (χ4v) is 6.06. The average molecular weight is 506 g/mol. The summed E-state index contributed by atoms with van der Waals surface area (Å²) in [5.41, 5.74) is 2.25. The molecule has 1 unspecified atom stereocenters. The second kappa shape index (κ2) is 9.82. The summed E-state index contributed by atoms with van der Waals surface area (Å²) < 4.78 is 25.9. The number of amides is 2. The van der Waals surface area contributed by atoms with Gasteiger partial charge >= 0.3 is 0 Å². The van der Waals surface area contributed by atoms with E-state index >= 15 is 0 Å². The van der Waals surface area contributed by atoms with Gasteiger partial charge in [-0.15, -0.1) is 0 Å². The Morgan fingerprint density at radius 1 is 0.973 bits per heavy atom. The van der Waals surface area contributed by atoms with Gasteiger partial charge in [0.15, 0.2) is 0 Å². The number of benzene rings is 2. The maximum Gasteiger partial charge on any atom is 0.255 e. The molecule has 2 amide bonds. The Bertz CT molecular complexity index is 1230. The van der Waals surface area contributed by atoms with Crippen molar-refractivity contribution in [3.8, 4) is 11.5 Å². The maximum absolute atomic E-state index is 13.5. The Morgan fingerprint density at radius 3 is 2.59 bits per heavy atom. The van der Waals surface area contributed by atoms with E-state index in [1.165, 1.54) is 18.6 Å². The topological polar surface area (TPSA) is 71.1 Å². The Morgan fingerprint density at radius 2 is 1.78 bits per heavy atom. The number of hydrogen-bond donors (Lipinski definition) is 1. The molecule has 1 aliphatic carbocycles. The molecule has 3 atom stereocenters. The number of carbonyl (C=O) groups excluding carboxylic acids is 2. The average Bonchev–Trinajstić information content (AvgIpc) is 3.17.